The Morgan fingerprint density at radius 2 is 2.11 bits per heavy atom. The molecule has 1 amide bonds. The topological polar surface area (TPSA) is 55.6 Å². The number of hydrogen-bond acceptors (Lipinski definition) is 3. The van der Waals surface area contributed by atoms with E-state index < -0.39 is 12.1 Å². The summed E-state index contributed by atoms with van der Waals surface area (Å²) >= 11 is 3.06. The largest absolute Gasteiger partial charge is 0.573 e. The molecule has 1 aliphatic heterocycles. The Hall–Kier alpha value is -1.28. The van der Waals surface area contributed by atoms with Gasteiger partial charge in [-0.2, -0.15) is 0 Å². The van der Waals surface area contributed by atoms with Crippen molar-refractivity contribution < 1.29 is 22.7 Å². The molecule has 2 rings (SSSR count). The van der Waals surface area contributed by atoms with Crippen LogP contribution in [0.1, 0.15) is 6.42 Å². The highest BCUT2D eigenvalue weighted by Gasteiger charge is 2.35. The number of carbonyl (C=O) groups excluding carboxylic acids is 1. The number of ether oxygens (including phenoxy) is 1. The van der Waals surface area contributed by atoms with Gasteiger partial charge in [-0.15, -0.1) is 13.2 Å². The number of rotatable bonds is 2. The maximum absolute atomic E-state index is 12.3. The molecule has 0 bridgehead atoms. The highest BCUT2D eigenvalue weighted by Crippen LogP contribution is 2.36. The molecular formula is C11H10BrF3N2O2. The second-order valence-electron chi connectivity index (χ2n) is 4.13. The lowest BCUT2D eigenvalue weighted by Gasteiger charge is -2.21. The van der Waals surface area contributed by atoms with Crippen molar-refractivity contribution in [1.29, 1.82) is 0 Å². The van der Waals surface area contributed by atoms with Crippen LogP contribution in [0.25, 0.3) is 0 Å². The molecule has 1 aromatic rings. The molecule has 1 saturated heterocycles. The van der Waals surface area contributed by atoms with E-state index in [1.54, 1.807) is 0 Å². The van der Waals surface area contributed by atoms with E-state index in [2.05, 4.69) is 20.7 Å². The summed E-state index contributed by atoms with van der Waals surface area (Å²) in [6.45, 7) is 0.175. The zero-order valence-corrected chi connectivity index (χ0v) is 11.2. The molecule has 104 valence electrons. The second kappa shape index (κ2) is 5.01. The van der Waals surface area contributed by atoms with E-state index in [9.17, 15) is 18.0 Å². The highest BCUT2D eigenvalue weighted by atomic mass is 79.9. The van der Waals surface area contributed by atoms with Crippen LogP contribution in [0.4, 0.5) is 18.9 Å². The average Bonchev–Trinajstić information content (AvgIpc) is 2.55. The van der Waals surface area contributed by atoms with Crippen LogP contribution in [-0.2, 0) is 4.79 Å². The highest BCUT2D eigenvalue weighted by molar-refractivity contribution is 9.10. The molecule has 0 spiro atoms. The summed E-state index contributed by atoms with van der Waals surface area (Å²) in [5, 5.41) is 0. The van der Waals surface area contributed by atoms with Gasteiger partial charge in [-0.05, 0) is 18.2 Å². The molecule has 0 saturated carbocycles. The van der Waals surface area contributed by atoms with Gasteiger partial charge in [0, 0.05) is 23.5 Å². The first kappa shape index (κ1) is 14.1. The standard InChI is InChI=1S/C11H10BrF3N2O2/c12-6-1-2-8(9(3-6)19-11(13,14)15)17-5-7(16)4-10(17)18/h1-3,7H,4-5,16H2. The predicted molar refractivity (Wildman–Crippen MR) is 65.8 cm³/mol. The molecule has 1 aliphatic rings. The molecule has 2 N–H and O–H groups in total. The number of nitrogens with two attached hydrogens (primary N) is 1. The van der Waals surface area contributed by atoms with Gasteiger partial charge in [-0.3, -0.25) is 4.79 Å². The van der Waals surface area contributed by atoms with Crippen LogP contribution in [-0.4, -0.2) is 24.9 Å². The minimum Gasteiger partial charge on any atom is -0.404 e. The third-order valence-electron chi connectivity index (χ3n) is 2.59. The SMILES string of the molecule is NC1CC(=O)N(c2ccc(Br)cc2OC(F)(F)F)C1. The zero-order chi connectivity index (χ0) is 14.2. The molecule has 1 fully saturated rings. The third kappa shape index (κ3) is 3.38. The Balaban J connectivity index is 2.37. The van der Waals surface area contributed by atoms with Gasteiger partial charge in [0.1, 0.15) is 0 Å². The first-order valence-electron chi connectivity index (χ1n) is 5.37. The second-order valence-corrected chi connectivity index (χ2v) is 5.04. The zero-order valence-electron chi connectivity index (χ0n) is 9.58. The van der Waals surface area contributed by atoms with Gasteiger partial charge in [0.25, 0.3) is 0 Å². The lowest BCUT2D eigenvalue weighted by Crippen LogP contribution is -2.29. The van der Waals surface area contributed by atoms with E-state index in [1.807, 2.05) is 0 Å². The predicted octanol–water partition coefficient (Wildman–Crippen LogP) is 2.41. The first-order chi connectivity index (χ1) is 8.76. The van der Waals surface area contributed by atoms with Crippen molar-refractivity contribution in [3.63, 3.8) is 0 Å². The summed E-state index contributed by atoms with van der Waals surface area (Å²) in [5.41, 5.74) is 5.69. The lowest BCUT2D eigenvalue weighted by molar-refractivity contribution is -0.274. The monoisotopic (exact) mass is 338 g/mol. The fourth-order valence-corrected chi connectivity index (χ4v) is 2.23. The van der Waals surface area contributed by atoms with E-state index in [1.165, 1.54) is 23.1 Å². The van der Waals surface area contributed by atoms with E-state index in [-0.39, 0.29) is 30.6 Å². The molecule has 0 aliphatic carbocycles. The molecule has 0 aromatic heterocycles. The minimum atomic E-state index is -4.82. The van der Waals surface area contributed by atoms with Gasteiger partial charge in [0.2, 0.25) is 5.91 Å². The van der Waals surface area contributed by atoms with E-state index in [0.29, 0.717) is 4.47 Å². The number of alkyl halides is 3. The quantitative estimate of drug-likeness (QED) is 0.900. The van der Waals surface area contributed by atoms with Gasteiger partial charge in [-0.25, -0.2) is 0 Å². The Morgan fingerprint density at radius 3 is 2.63 bits per heavy atom. The number of halogens is 4. The Bertz CT molecular complexity index is 507. The van der Waals surface area contributed by atoms with Crippen LogP contribution >= 0.6 is 15.9 Å². The van der Waals surface area contributed by atoms with Crippen molar-refractivity contribution >= 4 is 27.5 Å². The van der Waals surface area contributed by atoms with Crippen molar-refractivity contribution in [2.75, 3.05) is 11.4 Å². The number of benzene rings is 1. The summed E-state index contributed by atoms with van der Waals surface area (Å²) < 4.78 is 41.4. The van der Waals surface area contributed by atoms with Crippen molar-refractivity contribution in [2.24, 2.45) is 5.73 Å². The van der Waals surface area contributed by atoms with Gasteiger partial charge in [0.15, 0.2) is 5.75 Å². The van der Waals surface area contributed by atoms with Crippen molar-refractivity contribution in [1.82, 2.24) is 0 Å². The van der Waals surface area contributed by atoms with Crippen LogP contribution in [0.15, 0.2) is 22.7 Å². The summed E-state index contributed by atoms with van der Waals surface area (Å²) in [6.07, 6.45) is -4.71. The normalized spacial score (nSPS) is 19.9. The molecule has 1 aromatic carbocycles. The van der Waals surface area contributed by atoms with Crippen molar-refractivity contribution in [2.45, 2.75) is 18.8 Å². The van der Waals surface area contributed by atoms with Gasteiger partial charge in [-0.1, -0.05) is 15.9 Å². The van der Waals surface area contributed by atoms with Crippen LogP contribution in [0.5, 0.6) is 5.75 Å². The van der Waals surface area contributed by atoms with Crippen molar-refractivity contribution in [3.8, 4) is 5.75 Å². The number of amides is 1. The summed E-state index contributed by atoms with van der Waals surface area (Å²) in [6, 6.07) is 3.71. The molecule has 19 heavy (non-hydrogen) atoms. The molecule has 1 atom stereocenters. The van der Waals surface area contributed by atoms with Gasteiger partial charge >= 0.3 is 6.36 Å². The fourth-order valence-electron chi connectivity index (χ4n) is 1.89. The summed E-state index contributed by atoms with van der Waals surface area (Å²) in [5.74, 6) is -0.744. The van der Waals surface area contributed by atoms with Crippen molar-refractivity contribution in [3.05, 3.63) is 22.7 Å². The molecule has 1 unspecified atom stereocenters. The lowest BCUT2D eigenvalue weighted by atomic mass is 10.2. The van der Waals surface area contributed by atoms with Crippen LogP contribution in [0.2, 0.25) is 0 Å². The smallest absolute Gasteiger partial charge is 0.404 e. The summed E-state index contributed by atoms with van der Waals surface area (Å²) in [7, 11) is 0. The van der Waals surface area contributed by atoms with Crippen LogP contribution in [0.3, 0.4) is 0 Å². The van der Waals surface area contributed by atoms with E-state index in [4.69, 9.17) is 5.73 Å². The van der Waals surface area contributed by atoms with Gasteiger partial charge in [0.05, 0.1) is 5.69 Å². The average molecular weight is 339 g/mol. The van der Waals surface area contributed by atoms with Crippen LogP contribution < -0.4 is 15.4 Å². The number of hydrogen-bond donors (Lipinski definition) is 1. The number of anilines is 1. The van der Waals surface area contributed by atoms with Crippen LogP contribution in [0, 0.1) is 0 Å². The molecule has 8 heteroatoms. The molecule has 0 radical (unpaired) electrons. The maximum atomic E-state index is 12.3. The van der Waals surface area contributed by atoms with E-state index >= 15 is 0 Å². The minimum absolute atomic E-state index is 0.0680. The number of carbonyl (C=O) groups is 1. The fraction of sp³-hybridized carbons (Fsp3) is 0.364. The first-order valence-corrected chi connectivity index (χ1v) is 6.17. The molecular weight excluding hydrogens is 329 g/mol. The maximum Gasteiger partial charge on any atom is 0.573 e. The summed E-state index contributed by atoms with van der Waals surface area (Å²) in [4.78, 5) is 12.9. The number of nitrogens with zero attached hydrogens (tertiary/aromatic N) is 1. The Morgan fingerprint density at radius 1 is 1.42 bits per heavy atom. The molecule has 1 heterocycles. The van der Waals surface area contributed by atoms with Gasteiger partial charge < -0.3 is 15.4 Å². The van der Waals surface area contributed by atoms with E-state index in [0.717, 1.165) is 0 Å². The Kier molecular flexibility index (Phi) is 3.73. The Labute approximate surface area is 115 Å². The third-order valence-corrected chi connectivity index (χ3v) is 3.09. The molecule has 4 nitrogen and oxygen atoms in total.